The summed E-state index contributed by atoms with van der Waals surface area (Å²) in [7, 11) is 1.59. The number of carbonyl (C=O) groups is 2. The molecule has 1 amide bonds. The number of hydrogen-bond donors (Lipinski definition) is 2. The minimum Gasteiger partial charge on any atom is -0.497 e. The molecule has 6 nitrogen and oxygen atoms in total. The van der Waals surface area contributed by atoms with Crippen molar-refractivity contribution in [2.75, 3.05) is 13.7 Å². The summed E-state index contributed by atoms with van der Waals surface area (Å²) in [4.78, 5) is 27.9. The maximum atomic E-state index is 12.7. The zero-order valence-electron chi connectivity index (χ0n) is 14.2. The largest absolute Gasteiger partial charge is 0.497 e. The lowest BCUT2D eigenvalue weighted by atomic mass is 10.0. The number of rotatable bonds is 8. The average Bonchev–Trinajstić information content (AvgIpc) is 3.44. The fourth-order valence-corrected chi connectivity index (χ4v) is 2.83. The molecule has 1 aromatic carbocycles. The molecule has 1 saturated carbocycles. The lowest BCUT2D eigenvalue weighted by Gasteiger charge is -2.11. The molecule has 1 heterocycles. The molecule has 1 aromatic heterocycles. The van der Waals surface area contributed by atoms with Gasteiger partial charge >= 0.3 is 5.97 Å². The van der Waals surface area contributed by atoms with E-state index < -0.39 is 5.97 Å². The number of methoxy groups -OCH3 is 1. The van der Waals surface area contributed by atoms with Crippen LogP contribution >= 0.6 is 0 Å². The van der Waals surface area contributed by atoms with Crippen molar-refractivity contribution in [1.29, 1.82) is 0 Å². The van der Waals surface area contributed by atoms with Crippen molar-refractivity contribution in [3.63, 3.8) is 0 Å². The smallest absolute Gasteiger partial charge is 0.303 e. The van der Waals surface area contributed by atoms with Gasteiger partial charge in [0.1, 0.15) is 5.75 Å². The second-order valence-corrected chi connectivity index (χ2v) is 6.36. The van der Waals surface area contributed by atoms with Gasteiger partial charge in [0.2, 0.25) is 0 Å². The van der Waals surface area contributed by atoms with Crippen molar-refractivity contribution >= 4 is 22.8 Å². The van der Waals surface area contributed by atoms with E-state index >= 15 is 0 Å². The fourth-order valence-electron chi connectivity index (χ4n) is 2.83. The van der Waals surface area contributed by atoms with Gasteiger partial charge in [-0.25, -0.2) is 0 Å². The maximum absolute atomic E-state index is 12.7. The number of hydrogen-bond acceptors (Lipinski definition) is 4. The second kappa shape index (κ2) is 7.51. The predicted molar refractivity (Wildman–Crippen MR) is 94.1 cm³/mol. The molecule has 0 bridgehead atoms. The first-order valence-corrected chi connectivity index (χ1v) is 8.57. The third-order valence-corrected chi connectivity index (χ3v) is 4.38. The Labute approximate surface area is 146 Å². The first-order valence-electron chi connectivity index (χ1n) is 8.57. The topological polar surface area (TPSA) is 88.5 Å². The van der Waals surface area contributed by atoms with Crippen LogP contribution in [0.2, 0.25) is 0 Å². The van der Waals surface area contributed by atoms with Gasteiger partial charge in [-0.3, -0.25) is 14.6 Å². The van der Waals surface area contributed by atoms with E-state index in [4.69, 9.17) is 9.84 Å². The summed E-state index contributed by atoms with van der Waals surface area (Å²) in [6, 6.07) is 7.44. The average molecular weight is 342 g/mol. The van der Waals surface area contributed by atoms with Crippen LogP contribution in [-0.2, 0) is 4.79 Å². The van der Waals surface area contributed by atoms with Crippen LogP contribution in [0.25, 0.3) is 10.9 Å². The molecule has 1 aliphatic carbocycles. The van der Waals surface area contributed by atoms with Crippen LogP contribution in [0.3, 0.4) is 0 Å². The summed E-state index contributed by atoms with van der Waals surface area (Å²) < 4.78 is 5.27. The number of carboxylic acid groups (broad SMARTS) is 1. The minimum absolute atomic E-state index is 0.122. The van der Waals surface area contributed by atoms with Gasteiger partial charge in [-0.2, -0.15) is 0 Å². The molecule has 6 heteroatoms. The zero-order valence-corrected chi connectivity index (χ0v) is 14.2. The molecular weight excluding hydrogens is 320 g/mol. The summed E-state index contributed by atoms with van der Waals surface area (Å²) in [5, 5.41) is 12.3. The Morgan fingerprint density at radius 2 is 2.08 bits per heavy atom. The van der Waals surface area contributed by atoms with Crippen LogP contribution in [0.5, 0.6) is 5.75 Å². The van der Waals surface area contributed by atoms with E-state index in [9.17, 15) is 9.59 Å². The first kappa shape index (κ1) is 17.2. The lowest BCUT2D eigenvalue weighted by Crippen LogP contribution is -2.25. The predicted octanol–water partition coefficient (Wildman–Crippen LogP) is 3.11. The number of nitrogens with zero attached hydrogens (tertiary/aromatic N) is 1. The number of amides is 1. The van der Waals surface area contributed by atoms with Crippen molar-refractivity contribution in [3.05, 3.63) is 35.5 Å². The molecule has 0 unspecified atom stereocenters. The normalized spacial score (nSPS) is 13.6. The first-order chi connectivity index (χ1) is 12.1. The number of pyridine rings is 1. The van der Waals surface area contributed by atoms with E-state index in [1.54, 1.807) is 7.11 Å². The molecular formula is C19H22N2O4. The molecule has 0 aliphatic heterocycles. The second-order valence-electron chi connectivity index (χ2n) is 6.36. The Hall–Kier alpha value is -2.63. The summed E-state index contributed by atoms with van der Waals surface area (Å²) >= 11 is 0. The number of benzene rings is 1. The van der Waals surface area contributed by atoms with Crippen LogP contribution in [0.1, 0.15) is 54.1 Å². The quantitative estimate of drug-likeness (QED) is 0.720. The molecule has 0 radical (unpaired) electrons. The van der Waals surface area contributed by atoms with Gasteiger partial charge in [0.05, 0.1) is 18.2 Å². The molecule has 0 saturated heterocycles. The maximum Gasteiger partial charge on any atom is 0.303 e. The molecule has 0 spiro atoms. The third kappa shape index (κ3) is 4.26. The Balaban J connectivity index is 1.79. The highest BCUT2D eigenvalue weighted by atomic mass is 16.5. The molecule has 1 aliphatic rings. The number of unbranched alkanes of at least 4 members (excludes halogenated alkanes) is 1. The van der Waals surface area contributed by atoms with Crippen molar-refractivity contribution < 1.29 is 19.4 Å². The van der Waals surface area contributed by atoms with Crippen LogP contribution in [0.4, 0.5) is 0 Å². The van der Waals surface area contributed by atoms with Crippen LogP contribution in [0, 0.1) is 0 Å². The standard InChI is InChI=1S/C19H22N2O4/c1-25-13-7-8-16-14(10-13)15(11-17(21-16)12-5-6-12)19(24)20-9-3-2-4-18(22)23/h7-8,10-12H,2-6,9H2,1H3,(H,20,24)(H,22,23). The molecule has 0 atom stereocenters. The fraction of sp³-hybridized carbons (Fsp3) is 0.421. The van der Waals surface area contributed by atoms with Crippen LogP contribution < -0.4 is 10.1 Å². The van der Waals surface area contributed by atoms with Gasteiger partial charge in [-0.05, 0) is 49.9 Å². The van der Waals surface area contributed by atoms with Gasteiger partial charge < -0.3 is 15.2 Å². The highest BCUT2D eigenvalue weighted by Crippen LogP contribution is 2.40. The molecule has 2 N–H and O–H groups in total. The highest BCUT2D eigenvalue weighted by Gasteiger charge is 2.27. The third-order valence-electron chi connectivity index (χ3n) is 4.38. The lowest BCUT2D eigenvalue weighted by molar-refractivity contribution is -0.137. The SMILES string of the molecule is COc1ccc2nc(C3CC3)cc(C(=O)NCCCCC(=O)O)c2c1. The number of carbonyl (C=O) groups excluding carboxylic acids is 1. The number of carboxylic acids is 1. The van der Waals surface area contributed by atoms with E-state index in [-0.39, 0.29) is 12.3 Å². The summed E-state index contributed by atoms with van der Waals surface area (Å²) in [6.07, 6.45) is 3.54. The van der Waals surface area contributed by atoms with E-state index in [0.29, 0.717) is 36.6 Å². The van der Waals surface area contributed by atoms with Gasteiger partial charge in [-0.1, -0.05) is 0 Å². The molecule has 2 aromatic rings. The number of nitrogens with one attached hydrogen (secondary N) is 1. The number of ether oxygens (including phenoxy) is 1. The summed E-state index contributed by atoms with van der Waals surface area (Å²) in [5.74, 6) is 0.170. The molecule has 1 fully saturated rings. The number of fused-ring (bicyclic) bond motifs is 1. The molecule has 3 rings (SSSR count). The van der Waals surface area contributed by atoms with E-state index in [1.807, 2.05) is 24.3 Å². The van der Waals surface area contributed by atoms with E-state index in [1.165, 1.54) is 0 Å². The molecule has 132 valence electrons. The van der Waals surface area contributed by atoms with Crippen LogP contribution in [0.15, 0.2) is 24.3 Å². The van der Waals surface area contributed by atoms with Gasteiger partial charge in [0, 0.05) is 30.0 Å². The molecule has 25 heavy (non-hydrogen) atoms. The van der Waals surface area contributed by atoms with Crippen molar-refractivity contribution in [1.82, 2.24) is 10.3 Å². The minimum atomic E-state index is -0.812. The highest BCUT2D eigenvalue weighted by molar-refractivity contribution is 6.06. The Bertz CT molecular complexity index is 799. The monoisotopic (exact) mass is 342 g/mol. The van der Waals surface area contributed by atoms with E-state index in [2.05, 4.69) is 10.3 Å². The summed E-state index contributed by atoms with van der Waals surface area (Å²) in [6.45, 7) is 0.457. The van der Waals surface area contributed by atoms with Crippen molar-refractivity contribution in [2.45, 2.75) is 38.0 Å². The van der Waals surface area contributed by atoms with Gasteiger partial charge in [0.25, 0.3) is 5.91 Å². The Morgan fingerprint density at radius 3 is 2.76 bits per heavy atom. The van der Waals surface area contributed by atoms with Gasteiger partial charge in [-0.15, -0.1) is 0 Å². The van der Waals surface area contributed by atoms with E-state index in [0.717, 1.165) is 29.4 Å². The van der Waals surface area contributed by atoms with Crippen LogP contribution in [-0.4, -0.2) is 35.6 Å². The Kier molecular flexibility index (Phi) is 5.16. The van der Waals surface area contributed by atoms with Gasteiger partial charge in [0.15, 0.2) is 0 Å². The van der Waals surface area contributed by atoms with Crippen molar-refractivity contribution in [2.24, 2.45) is 0 Å². The number of aliphatic carboxylic acids is 1. The Morgan fingerprint density at radius 1 is 1.28 bits per heavy atom. The number of aromatic nitrogens is 1. The zero-order chi connectivity index (χ0) is 17.8. The van der Waals surface area contributed by atoms with Crippen molar-refractivity contribution in [3.8, 4) is 5.75 Å². The summed E-state index contributed by atoms with van der Waals surface area (Å²) in [5.41, 5.74) is 2.36.